The Morgan fingerprint density at radius 3 is 2.06 bits per heavy atom. The molecule has 1 N–H and O–H groups in total. The fourth-order valence-electron chi connectivity index (χ4n) is 1.83. The summed E-state index contributed by atoms with van der Waals surface area (Å²) in [4.78, 5) is 11.7. The van der Waals surface area contributed by atoms with Crippen molar-refractivity contribution >= 4 is 11.8 Å². The second-order valence-corrected chi connectivity index (χ2v) is 4.85. The van der Waals surface area contributed by atoms with Crippen molar-refractivity contribution in [3.05, 3.63) is 30.3 Å². The van der Waals surface area contributed by atoms with Crippen LogP contribution in [0.5, 0.6) is 0 Å². The molecule has 0 atom stereocenters. The van der Waals surface area contributed by atoms with Crippen LogP contribution in [0.4, 0.5) is 10.5 Å². The maximum absolute atomic E-state index is 11.7. The minimum atomic E-state index is -0.386. The van der Waals surface area contributed by atoms with Crippen molar-refractivity contribution in [1.82, 2.24) is 0 Å². The summed E-state index contributed by atoms with van der Waals surface area (Å²) >= 11 is 0. The van der Waals surface area contributed by atoms with E-state index in [1.165, 1.54) is 0 Å². The lowest BCUT2D eigenvalue weighted by Gasteiger charge is -2.24. The van der Waals surface area contributed by atoms with Gasteiger partial charge in [-0.1, -0.05) is 45.9 Å². The second kappa shape index (κ2) is 6.28. The number of benzene rings is 1. The number of rotatable bonds is 4. The number of hydrogen-bond acceptors (Lipinski definition) is 2. The van der Waals surface area contributed by atoms with Crippen molar-refractivity contribution in [3.63, 3.8) is 0 Å². The van der Waals surface area contributed by atoms with Crippen LogP contribution in [0.15, 0.2) is 30.3 Å². The van der Waals surface area contributed by atoms with E-state index in [1.807, 2.05) is 30.3 Å². The SMILES string of the molecule is CC(C)C(OC(=O)Nc1ccccc1)C(C)C. The van der Waals surface area contributed by atoms with E-state index < -0.39 is 0 Å². The molecule has 0 heterocycles. The van der Waals surface area contributed by atoms with Gasteiger partial charge in [-0.25, -0.2) is 4.79 Å². The maximum atomic E-state index is 11.7. The molecule has 0 fully saturated rings. The third-order valence-electron chi connectivity index (χ3n) is 2.58. The topological polar surface area (TPSA) is 38.3 Å². The standard InChI is InChI=1S/C14H21NO2/c1-10(2)13(11(3)4)17-14(16)15-12-8-6-5-7-9-12/h5-11,13H,1-4H3,(H,15,16). The van der Waals surface area contributed by atoms with E-state index in [9.17, 15) is 4.79 Å². The van der Waals surface area contributed by atoms with E-state index in [0.717, 1.165) is 5.69 Å². The molecule has 17 heavy (non-hydrogen) atoms. The normalized spacial score (nSPS) is 11.0. The van der Waals surface area contributed by atoms with Gasteiger partial charge in [0.1, 0.15) is 6.10 Å². The molecular weight excluding hydrogens is 214 g/mol. The van der Waals surface area contributed by atoms with Crippen molar-refractivity contribution in [3.8, 4) is 0 Å². The van der Waals surface area contributed by atoms with E-state index >= 15 is 0 Å². The lowest BCUT2D eigenvalue weighted by molar-refractivity contribution is 0.0516. The third-order valence-corrected chi connectivity index (χ3v) is 2.58. The Labute approximate surface area is 103 Å². The molecule has 0 bridgehead atoms. The van der Waals surface area contributed by atoms with Crippen LogP contribution < -0.4 is 5.32 Å². The van der Waals surface area contributed by atoms with Gasteiger partial charge in [0.05, 0.1) is 0 Å². The molecule has 0 aliphatic rings. The van der Waals surface area contributed by atoms with Gasteiger partial charge in [0.2, 0.25) is 0 Å². The van der Waals surface area contributed by atoms with Gasteiger partial charge in [-0.15, -0.1) is 0 Å². The molecule has 94 valence electrons. The van der Waals surface area contributed by atoms with Crippen LogP contribution in [-0.4, -0.2) is 12.2 Å². The molecular formula is C14H21NO2. The Kier molecular flexibility index (Phi) is 5.01. The number of carbonyl (C=O) groups is 1. The largest absolute Gasteiger partial charge is 0.445 e. The molecule has 3 nitrogen and oxygen atoms in total. The summed E-state index contributed by atoms with van der Waals surface area (Å²) in [5.41, 5.74) is 0.753. The second-order valence-electron chi connectivity index (χ2n) is 4.85. The van der Waals surface area contributed by atoms with E-state index in [4.69, 9.17) is 4.74 Å². The molecule has 0 radical (unpaired) electrons. The van der Waals surface area contributed by atoms with Gasteiger partial charge < -0.3 is 4.74 Å². The van der Waals surface area contributed by atoms with Crippen molar-refractivity contribution in [2.24, 2.45) is 11.8 Å². The maximum Gasteiger partial charge on any atom is 0.411 e. The molecule has 0 aliphatic carbocycles. The Hall–Kier alpha value is -1.51. The van der Waals surface area contributed by atoms with Crippen molar-refractivity contribution in [1.29, 1.82) is 0 Å². The lowest BCUT2D eigenvalue weighted by atomic mass is 9.96. The highest BCUT2D eigenvalue weighted by Crippen LogP contribution is 2.17. The number of hydrogen-bond donors (Lipinski definition) is 1. The number of anilines is 1. The summed E-state index contributed by atoms with van der Waals surface area (Å²) in [6.07, 6.45) is -0.442. The first-order valence-electron chi connectivity index (χ1n) is 6.03. The van der Waals surface area contributed by atoms with Gasteiger partial charge in [0.25, 0.3) is 0 Å². The Bertz CT molecular complexity index is 338. The average Bonchev–Trinajstić information content (AvgIpc) is 2.26. The van der Waals surface area contributed by atoms with Crippen LogP contribution >= 0.6 is 0 Å². The smallest absolute Gasteiger partial charge is 0.411 e. The number of amides is 1. The summed E-state index contributed by atoms with van der Waals surface area (Å²) in [7, 11) is 0. The summed E-state index contributed by atoms with van der Waals surface area (Å²) in [6.45, 7) is 8.22. The fraction of sp³-hybridized carbons (Fsp3) is 0.500. The van der Waals surface area contributed by atoms with Crippen LogP contribution in [0.3, 0.4) is 0 Å². The van der Waals surface area contributed by atoms with Crippen LogP contribution in [0.1, 0.15) is 27.7 Å². The Balaban J connectivity index is 2.54. The predicted molar refractivity (Wildman–Crippen MR) is 70.0 cm³/mol. The summed E-state index contributed by atoms with van der Waals surface area (Å²) in [5, 5.41) is 2.72. The third kappa shape index (κ3) is 4.47. The van der Waals surface area contributed by atoms with E-state index in [-0.39, 0.29) is 12.2 Å². The molecule has 1 rings (SSSR count). The van der Waals surface area contributed by atoms with Gasteiger partial charge in [0.15, 0.2) is 0 Å². The first kappa shape index (κ1) is 13.6. The van der Waals surface area contributed by atoms with Crippen LogP contribution in [0.25, 0.3) is 0 Å². The van der Waals surface area contributed by atoms with Crippen molar-refractivity contribution in [2.45, 2.75) is 33.8 Å². The quantitative estimate of drug-likeness (QED) is 0.859. The summed E-state index contributed by atoms with van der Waals surface area (Å²) in [6, 6.07) is 9.32. The van der Waals surface area contributed by atoms with Crippen molar-refractivity contribution in [2.75, 3.05) is 5.32 Å². The van der Waals surface area contributed by atoms with Crippen LogP contribution in [0.2, 0.25) is 0 Å². The molecule has 1 amide bonds. The highest BCUT2D eigenvalue weighted by atomic mass is 16.6. The minimum Gasteiger partial charge on any atom is -0.445 e. The number of carbonyl (C=O) groups excluding carboxylic acids is 1. The van der Waals surface area contributed by atoms with Crippen LogP contribution in [-0.2, 0) is 4.74 Å². The predicted octanol–water partition coefficient (Wildman–Crippen LogP) is 3.92. The molecule has 0 spiro atoms. The monoisotopic (exact) mass is 235 g/mol. The van der Waals surface area contributed by atoms with Gasteiger partial charge >= 0.3 is 6.09 Å². The molecule has 0 aromatic heterocycles. The van der Waals surface area contributed by atoms with Gasteiger partial charge in [-0.2, -0.15) is 0 Å². The Morgan fingerprint density at radius 1 is 1.06 bits per heavy atom. The zero-order valence-corrected chi connectivity index (χ0v) is 10.9. The highest BCUT2D eigenvalue weighted by molar-refractivity contribution is 5.84. The molecule has 1 aromatic carbocycles. The van der Waals surface area contributed by atoms with E-state index in [0.29, 0.717) is 11.8 Å². The first-order valence-corrected chi connectivity index (χ1v) is 6.03. The van der Waals surface area contributed by atoms with Gasteiger partial charge in [0, 0.05) is 5.69 Å². The summed E-state index contributed by atoms with van der Waals surface area (Å²) < 4.78 is 5.43. The lowest BCUT2D eigenvalue weighted by Crippen LogP contribution is -2.30. The molecule has 0 unspecified atom stereocenters. The molecule has 0 saturated heterocycles. The number of para-hydroxylation sites is 1. The van der Waals surface area contributed by atoms with Crippen molar-refractivity contribution < 1.29 is 9.53 Å². The van der Waals surface area contributed by atoms with E-state index in [1.54, 1.807) is 0 Å². The number of nitrogens with one attached hydrogen (secondary N) is 1. The highest BCUT2D eigenvalue weighted by Gasteiger charge is 2.21. The Morgan fingerprint density at radius 2 is 1.59 bits per heavy atom. The fourth-order valence-corrected chi connectivity index (χ4v) is 1.83. The van der Waals surface area contributed by atoms with Crippen LogP contribution in [0, 0.1) is 11.8 Å². The van der Waals surface area contributed by atoms with Gasteiger partial charge in [-0.05, 0) is 24.0 Å². The zero-order valence-electron chi connectivity index (χ0n) is 10.9. The average molecular weight is 235 g/mol. The number of ether oxygens (including phenoxy) is 1. The molecule has 3 heteroatoms. The molecule has 0 aliphatic heterocycles. The first-order chi connectivity index (χ1) is 8.00. The zero-order chi connectivity index (χ0) is 12.8. The van der Waals surface area contributed by atoms with Gasteiger partial charge in [-0.3, -0.25) is 5.32 Å². The van der Waals surface area contributed by atoms with E-state index in [2.05, 4.69) is 33.0 Å². The minimum absolute atomic E-state index is 0.0567. The molecule has 1 aromatic rings. The molecule has 0 saturated carbocycles. The summed E-state index contributed by atoms with van der Waals surface area (Å²) in [5.74, 6) is 0.632.